The van der Waals surface area contributed by atoms with Crippen molar-refractivity contribution in [2.45, 2.75) is 6.04 Å². The fraction of sp³-hybridized carbons (Fsp3) is 0.385. The third kappa shape index (κ3) is 3.23. The number of hydrogen-bond acceptors (Lipinski definition) is 4. The van der Waals surface area contributed by atoms with Crippen molar-refractivity contribution in [2.75, 3.05) is 19.6 Å². The Morgan fingerprint density at radius 2 is 2.33 bits per heavy atom. The number of carbonyl (C=O) groups is 1. The molecule has 0 aliphatic carbocycles. The number of thiophene rings is 1. The van der Waals surface area contributed by atoms with Crippen LogP contribution in [0.25, 0.3) is 0 Å². The maximum absolute atomic E-state index is 12.6. The van der Waals surface area contributed by atoms with E-state index in [1.54, 1.807) is 18.3 Å². The van der Waals surface area contributed by atoms with Gasteiger partial charge in [0, 0.05) is 39.1 Å². The van der Waals surface area contributed by atoms with Crippen molar-refractivity contribution in [3.63, 3.8) is 0 Å². The summed E-state index contributed by atoms with van der Waals surface area (Å²) >= 11 is 7.24. The Balaban J connectivity index is 0.00000161. The molecule has 3 rings (SSSR count). The predicted molar refractivity (Wildman–Crippen MR) is 86.4 cm³/mol. The van der Waals surface area contributed by atoms with Crippen LogP contribution in [0.15, 0.2) is 24.5 Å². The molecule has 1 aliphatic rings. The second-order valence-electron chi connectivity index (χ2n) is 4.72. The fourth-order valence-electron chi connectivity index (χ4n) is 2.45. The third-order valence-electron chi connectivity index (χ3n) is 3.44. The lowest BCUT2D eigenvalue weighted by molar-refractivity contribution is 0.0626. The van der Waals surface area contributed by atoms with Gasteiger partial charge in [-0.2, -0.15) is 0 Å². The first-order valence-electron chi connectivity index (χ1n) is 6.41. The van der Waals surface area contributed by atoms with E-state index in [0.717, 1.165) is 18.9 Å². The molecule has 0 spiro atoms. The molecule has 114 valence electrons. The predicted octanol–water partition coefficient (Wildman–Crippen LogP) is 2.34. The maximum Gasteiger partial charge on any atom is 0.264 e. The van der Waals surface area contributed by atoms with Gasteiger partial charge in [0.05, 0.1) is 9.21 Å². The van der Waals surface area contributed by atoms with E-state index >= 15 is 0 Å². The van der Waals surface area contributed by atoms with Gasteiger partial charge in [-0.25, -0.2) is 4.98 Å². The van der Waals surface area contributed by atoms with Gasteiger partial charge < -0.3 is 14.8 Å². The highest BCUT2D eigenvalue weighted by Crippen LogP contribution is 2.27. The zero-order chi connectivity index (χ0) is 14.1. The molecule has 3 heterocycles. The van der Waals surface area contributed by atoms with E-state index in [-0.39, 0.29) is 24.4 Å². The Hall–Kier alpha value is -1.08. The zero-order valence-corrected chi connectivity index (χ0v) is 13.8. The van der Waals surface area contributed by atoms with Crippen molar-refractivity contribution in [1.82, 2.24) is 19.8 Å². The number of carbonyl (C=O) groups excluding carboxylic acids is 1. The van der Waals surface area contributed by atoms with E-state index in [1.165, 1.54) is 11.3 Å². The van der Waals surface area contributed by atoms with Gasteiger partial charge in [-0.3, -0.25) is 4.79 Å². The summed E-state index contributed by atoms with van der Waals surface area (Å²) in [6, 6.07) is 3.50. The van der Waals surface area contributed by atoms with Crippen molar-refractivity contribution >= 4 is 41.3 Å². The largest absolute Gasteiger partial charge is 0.336 e. The highest BCUT2D eigenvalue weighted by Gasteiger charge is 2.31. The number of aryl methyl sites for hydroxylation is 1. The van der Waals surface area contributed by atoms with Crippen LogP contribution in [0, 0.1) is 0 Å². The summed E-state index contributed by atoms with van der Waals surface area (Å²) < 4.78 is 2.59. The molecule has 0 radical (unpaired) electrons. The number of nitrogens with zero attached hydrogens (tertiary/aromatic N) is 3. The molecule has 1 amide bonds. The van der Waals surface area contributed by atoms with Crippen LogP contribution in [0.1, 0.15) is 21.5 Å². The minimum atomic E-state index is -0.0443. The molecule has 0 bridgehead atoms. The van der Waals surface area contributed by atoms with E-state index in [2.05, 4.69) is 10.3 Å². The molecule has 2 aromatic rings. The van der Waals surface area contributed by atoms with Crippen LogP contribution < -0.4 is 5.32 Å². The Bertz CT molecular complexity index is 627. The lowest BCUT2D eigenvalue weighted by Gasteiger charge is -2.35. The third-order valence-corrected chi connectivity index (χ3v) is 4.66. The van der Waals surface area contributed by atoms with Crippen molar-refractivity contribution in [2.24, 2.45) is 7.05 Å². The number of nitrogens with one attached hydrogen (secondary N) is 1. The number of hydrogen-bond donors (Lipinski definition) is 1. The average Bonchev–Trinajstić information content (AvgIpc) is 3.07. The highest BCUT2D eigenvalue weighted by atomic mass is 35.5. The molecule has 1 aliphatic heterocycles. The first-order chi connectivity index (χ1) is 9.66. The van der Waals surface area contributed by atoms with Gasteiger partial charge in [0.15, 0.2) is 0 Å². The summed E-state index contributed by atoms with van der Waals surface area (Å²) in [7, 11) is 1.95. The van der Waals surface area contributed by atoms with Crippen molar-refractivity contribution in [3.05, 3.63) is 39.6 Å². The molecule has 1 atom stereocenters. The Kier molecular flexibility index (Phi) is 5.27. The molecule has 5 nitrogen and oxygen atoms in total. The van der Waals surface area contributed by atoms with Crippen LogP contribution in [-0.4, -0.2) is 40.0 Å². The fourth-order valence-corrected chi connectivity index (χ4v) is 3.45. The minimum Gasteiger partial charge on any atom is -0.336 e. The smallest absolute Gasteiger partial charge is 0.264 e. The standard InChI is InChI=1S/C13H15ClN4OS.ClH/c1-17-6-5-16-12(17)9-8-15-4-7-18(9)13(19)10-2-3-11(14)20-10;/h2-3,5-6,9,15H,4,7-8H2,1H3;1H. The summed E-state index contributed by atoms with van der Waals surface area (Å²) in [5.41, 5.74) is 0. The molecule has 1 unspecified atom stereocenters. The lowest BCUT2D eigenvalue weighted by atomic mass is 10.1. The first-order valence-corrected chi connectivity index (χ1v) is 7.60. The van der Waals surface area contributed by atoms with Gasteiger partial charge in [-0.1, -0.05) is 11.6 Å². The zero-order valence-electron chi connectivity index (χ0n) is 11.5. The van der Waals surface area contributed by atoms with E-state index in [9.17, 15) is 4.79 Å². The quantitative estimate of drug-likeness (QED) is 0.907. The lowest BCUT2D eigenvalue weighted by Crippen LogP contribution is -2.49. The second-order valence-corrected chi connectivity index (χ2v) is 6.43. The van der Waals surface area contributed by atoms with Crippen LogP contribution in [0.3, 0.4) is 0 Å². The van der Waals surface area contributed by atoms with E-state index in [0.29, 0.717) is 15.8 Å². The normalized spacial score (nSPS) is 18.4. The van der Waals surface area contributed by atoms with Crippen LogP contribution in [0.4, 0.5) is 0 Å². The molecule has 21 heavy (non-hydrogen) atoms. The van der Waals surface area contributed by atoms with Crippen LogP contribution in [0.2, 0.25) is 4.34 Å². The van der Waals surface area contributed by atoms with Crippen LogP contribution in [-0.2, 0) is 7.05 Å². The van der Waals surface area contributed by atoms with Crippen molar-refractivity contribution < 1.29 is 4.79 Å². The number of aromatic nitrogens is 2. The number of amides is 1. The van der Waals surface area contributed by atoms with Gasteiger partial charge in [-0.05, 0) is 12.1 Å². The van der Waals surface area contributed by atoms with Gasteiger partial charge in [0.1, 0.15) is 11.9 Å². The van der Waals surface area contributed by atoms with Gasteiger partial charge in [0.25, 0.3) is 5.91 Å². The summed E-state index contributed by atoms with van der Waals surface area (Å²) in [4.78, 5) is 19.6. The molecule has 1 fully saturated rings. The number of imidazole rings is 1. The maximum atomic E-state index is 12.6. The molecule has 0 saturated carbocycles. The van der Waals surface area contributed by atoms with Crippen molar-refractivity contribution in [1.29, 1.82) is 0 Å². The molecule has 8 heteroatoms. The first kappa shape index (κ1) is 16.3. The molecule has 1 saturated heterocycles. The summed E-state index contributed by atoms with van der Waals surface area (Å²) in [5, 5.41) is 3.32. The number of piperazine rings is 1. The SMILES string of the molecule is Cl.Cn1ccnc1C1CNCCN1C(=O)c1ccc(Cl)s1. The summed E-state index contributed by atoms with van der Waals surface area (Å²) in [5.74, 6) is 0.921. The molecule has 0 aromatic carbocycles. The molecule has 2 aromatic heterocycles. The minimum absolute atomic E-state index is 0. The molecule has 1 N–H and O–H groups in total. The van der Waals surface area contributed by atoms with Gasteiger partial charge in [-0.15, -0.1) is 23.7 Å². The number of halogens is 2. The highest BCUT2D eigenvalue weighted by molar-refractivity contribution is 7.17. The molecular formula is C13H16Cl2N4OS. The average molecular weight is 347 g/mol. The number of rotatable bonds is 2. The van der Waals surface area contributed by atoms with Gasteiger partial charge in [0.2, 0.25) is 0 Å². The second kappa shape index (κ2) is 6.79. The van der Waals surface area contributed by atoms with E-state index < -0.39 is 0 Å². The Morgan fingerprint density at radius 3 is 2.95 bits per heavy atom. The molecular weight excluding hydrogens is 331 g/mol. The van der Waals surface area contributed by atoms with Crippen LogP contribution >= 0.6 is 35.3 Å². The Labute approximate surface area is 138 Å². The van der Waals surface area contributed by atoms with E-state index in [4.69, 9.17) is 11.6 Å². The summed E-state index contributed by atoms with van der Waals surface area (Å²) in [6.45, 7) is 2.19. The summed E-state index contributed by atoms with van der Waals surface area (Å²) in [6.07, 6.45) is 3.66. The van der Waals surface area contributed by atoms with Crippen molar-refractivity contribution in [3.8, 4) is 0 Å². The van der Waals surface area contributed by atoms with E-state index in [1.807, 2.05) is 22.7 Å². The van der Waals surface area contributed by atoms with Gasteiger partial charge >= 0.3 is 0 Å². The van der Waals surface area contributed by atoms with Crippen LogP contribution in [0.5, 0.6) is 0 Å². The Morgan fingerprint density at radius 1 is 1.52 bits per heavy atom. The topological polar surface area (TPSA) is 50.2 Å². The monoisotopic (exact) mass is 346 g/mol.